The molecule has 6 heteroatoms. The highest BCUT2D eigenvalue weighted by atomic mass is 16.6. The number of aldehydes is 1. The van der Waals surface area contributed by atoms with Crippen LogP contribution in [0.4, 0.5) is 4.79 Å². The average molecular weight is 372 g/mol. The Bertz CT molecular complexity index is 827. The lowest BCUT2D eigenvalue weighted by Crippen LogP contribution is -2.42. The van der Waals surface area contributed by atoms with Gasteiger partial charge in [0, 0.05) is 42.8 Å². The number of hydrogen-bond acceptors (Lipinski definition) is 4. The van der Waals surface area contributed by atoms with Crippen LogP contribution in [0.1, 0.15) is 44.0 Å². The fraction of sp³-hybridized carbons (Fsp3) is 0.524. The minimum Gasteiger partial charge on any atom is -0.493 e. The maximum absolute atomic E-state index is 12.1. The van der Waals surface area contributed by atoms with E-state index in [4.69, 9.17) is 9.47 Å². The number of aromatic nitrogens is 1. The van der Waals surface area contributed by atoms with Crippen LogP contribution in [-0.2, 0) is 11.8 Å². The van der Waals surface area contributed by atoms with E-state index in [1.165, 1.54) is 0 Å². The lowest BCUT2D eigenvalue weighted by molar-refractivity contribution is 0.0165. The molecule has 1 saturated heterocycles. The van der Waals surface area contributed by atoms with Gasteiger partial charge in [-0.15, -0.1) is 0 Å². The first-order chi connectivity index (χ1) is 12.8. The maximum Gasteiger partial charge on any atom is 0.410 e. The molecule has 1 aromatic heterocycles. The Morgan fingerprint density at radius 1 is 1.26 bits per heavy atom. The Labute approximate surface area is 160 Å². The first-order valence-corrected chi connectivity index (χ1v) is 9.42. The lowest BCUT2D eigenvalue weighted by Gasteiger charge is -2.33. The molecule has 0 aliphatic carbocycles. The number of likely N-dealkylation sites (tertiary alicyclic amines) is 1. The summed E-state index contributed by atoms with van der Waals surface area (Å²) >= 11 is 0. The van der Waals surface area contributed by atoms with Crippen molar-refractivity contribution in [2.75, 3.05) is 19.7 Å². The van der Waals surface area contributed by atoms with Gasteiger partial charge in [0.15, 0.2) is 6.29 Å². The molecule has 6 nitrogen and oxygen atoms in total. The number of benzene rings is 1. The summed E-state index contributed by atoms with van der Waals surface area (Å²) in [7, 11) is 1.92. The summed E-state index contributed by atoms with van der Waals surface area (Å²) in [5.41, 5.74) is 1.21. The third-order valence-electron chi connectivity index (χ3n) is 4.87. The molecule has 2 aromatic rings. The van der Waals surface area contributed by atoms with Crippen molar-refractivity contribution in [2.45, 2.75) is 39.2 Å². The van der Waals surface area contributed by atoms with Gasteiger partial charge in [-0.3, -0.25) is 4.79 Å². The maximum atomic E-state index is 12.1. The molecule has 0 radical (unpaired) electrons. The van der Waals surface area contributed by atoms with E-state index in [-0.39, 0.29) is 6.09 Å². The van der Waals surface area contributed by atoms with Gasteiger partial charge < -0.3 is 18.9 Å². The van der Waals surface area contributed by atoms with Crippen LogP contribution in [0.15, 0.2) is 24.4 Å². The van der Waals surface area contributed by atoms with Crippen LogP contribution in [0.2, 0.25) is 0 Å². The van der Waals surface area contributed by atoms with Gasteiger partial charge in [-0.1, -0.05) is 0 Å². The minimum absolute atomic E-state index is 0.238. The predicted octanol–water partition coefficient (Wildman–Crippen LogP) is 4.02. The summed E-state index contributed by atoms with van der Waals surface area (Å²) in [6, 6.07) is 5.84. The molecule has 1 amide bonds. The Kier molecular flexibility index (Phi) is 5.44. The van der Waals surface area contributed by atoms with Crippen LogP contribution in [0, 0.1) is 5.92 Å². The molecule has 0 unspecified atom stereocenters. The van der Waals surface area contributed by atoms with Gasteiger partial charge in [-0.05, 0) is 57.7 Å². The molecule has 1 aliphatic rings. The Morgan fingerprint density at radius 2 is 1.96 bits per heavy atom. The highest BCUT2D eigenvalue weighted by Crippen LogP contribution is 2.26. The quantitative estimate of drug-likeness (QED) is 0.761. The number of aryl methyl sites for hydroxylation is 1. The SMILES string of the molecule is Cn1cc(C=O)c2cc(OCC3CCN(C(=O)OC(C)(C)C)CC3)ccc21. The summed E-state index contributed by atoms with van der Waals surface area (Å²) in [6.45, 7) is 7.63. The van der Waals surface area contributed by atoms with E-state index >= 15 is 0 Å². The molecule has 0 N–H and O–H groups in total. The molecule has 27 heavy (non-hydrogen) atoms. The molecule has 0 saturated carbocycles. The van der Waals surface area contributed by atoms with Crippen molar-refractivity contribution in [1.82, 2.24) is 9.47 Å². The second-order valence-corrected chi connectivity index (χ2v) is 8.21. The zero-order valence-corrected chi connectivity index (χ0v) is 16.5. The van der Waals surface area contributed by atoms with Crippen LogP contribution in [0.25, 0.3) is 10.9 Å². The largest absolute Gasteiger partial charge is 0.493 e. The highest BCUT2D eigenvalue weighted by molar-refractivity contribution is 5.98. The number of nitrogens with zero attached hydrogens (tertiary/aromatic N) is 2. The number of rotatable bonds is 4. The number of piperidine rings is 1. The zero-order chi connectivity index (χ0) is 19.6. The van der Waals surface area contributed by atoms with E-state index in [2.05, 4.69) is 0 Å². The average Bonchev–Trinajstić information content (AvgIpc) is 2.94. The minimum atomic E-state index is -0.465. The standard InChI is InChI=1S/C21H28N2O4/c1-21(2,3)27-20(25)23-9-7-15(8-10-23)14-26-17-5-6-19-18(11-17)16(13-24)12-22(19)4/h5-6,11-13,15H,7-10,14H2,1-4H3. The van der Waals surface area contributed by atoms with E-state index in [1.54, 1.807) is 4.90 Å². The molecule has 0 atom stereocenters. The van der Waals surface area contributed by atoms with Crippen LogP contribution >= 0.6 is 0 Å². The highest BCUT2D eigenvalue weighted by Gasteiger charge is 2.27. The summed E-state index contributed by atoms with van der Waals surface area (Å²) in [4.78, 5) is 25.1. The van der Waals surface area contributed by atoms with Crippen molar-refractivity contribution < 1.29 is 19.1 Å². The number of ether oxygens (including phenoxy) is 2. The van der Waals surface area contributed by atoms with E-state index < -0.39 is 5.60 Å². The number of fused-ring (bicyclic) bond motifs is 1. The van der Waals surface area contributed by atoms with Crippen LogP contribution in [-0.4, -0.2) is 47.1 Å². The van der Waals surface area contributed by atoms with Crippen LogP contribution < -0.4 is 4.74 Å². The van der Waals surface area contributed by atoms with Gasteiger partial charge in [0.1, 0.15) is 11.4 Å². The van der Waals surface area contributed by atoms with Crippen molar-refractivity contribution in [3.8, 4) is 5.75 Å². The lowest BCUT2D eigenvalue weighted by atomic mass is 9.98. The van der Waals surface area contributed by atoms with Crippen molar-refractivity contribution in [1.29, 1.82) is 0 Å². The molecule has 146 valence electrons. The van der Waals surface area contributed by atoms with Crippen molar-refractivity contribution in [3.05, 3.63) is 30.0 Å². The normalized spacial score (nSPS) is 15.8. The summed E-state index contributed by atoms with van der Waals surface area (Å²) in [5.74, 6) is 1.17. The molecular weight excluding hydrogens is 344 g/mol. The molecule has 1 fully saturated rings. The van der Waals surface area contributed by atoms with Gasteiger partial charge in [-0.25, -0.2) is 4.79 Å². The molecular formula is C21H28N2O4. The topological polar surface area (TPSA) is 60.8 Å². The first-order valence-electron chi connectivity index (χ1n) is 9.42. The molecule has 3 rings (SSSR count). The van der Waals surface area contributed by atoms with Gasteiger partial charge >= 0.3 is 6.09 Å². The van der Waals surface area contributed by atoms with Crippen LogP contribution in [0.3, 0.4) is 0 Å². The zero-order valence-electron chi connectivity index (χ0n) is 16.5. The summed E-state index contributed by atoms with van der Waals surface area (Å²) in [5, 5.41) is 0.907. The molecule has 2 heterocycles. The van der Waals surface area contributed by atoms with Gasteiger partial charge in [0.05, 0.1) is 6.61 Å². The van der Waals surface area contributed by atoms with E-state index in [0.29, 0.717) is 31.2 Å². The molecule has 0 bridgehead atoms. The Hall–Kier alpha value is -2.50. The monoisotopic (exact) mass is 372 g/mol. The van der Waals surface area contributed by atoms with E-state index in [9.17, 15) is 9.59 Å². The fourth-order valence-electron chi connectivity index (χ4n) is 3.41. The molecule has 0 spiro atoms. The second kappa shape index (κ2) is 7.62. The Balaban J connectivity index is 1.54. The van der Waals surface area contributed by atoms with Gasteiger partial charge in [0.25, 0.3) is 0 Å². The third kappa shape index (κ3) is 4.62. The summed E-state index contributed by atoms with van der Waals surface area (Å²) < 4.78 is 13.4. The Morgan fingerprint density at radius 3 is 2.59 bits per heavy atom. The second-order valence-electron chi connectivity index (χ2n) is 8.21. The van der Waals surface area contributed by atoms with E-state index in [0.717, 1.165) is 35.8 Å². The van der Waals surface area contributed by atoms with Crippen molar-refractivity contribution in [3.63, 3.8) is 0 Å². The number of carbonyl (C=O) groups is 2. The fourth-order valence-corrected chi connectivity index (χ4v) is 3.41. The van der Waals surface area contributed by atoms with Crippen molar-refractivity contribution in [2.24, 2.45) is 13.0 Å². The predicted molar refractivity (Wildman–Crippen MR) is 104 cm³/mol. The summed E-state index contributed by atoms with van der Waals surface area (Å²) in [6.07, 6.45) is 4.25. The van der Waals surface area contributed by atoms with Crippen molar-refractivity contribution >= 4 is 23.3 Å². The van der Waals surface area contributed by atoms with Crippen LogP contribution in [0.5, 0.6) is 5.75 Å². The van der Waals surface area contributed by atoms with Gasteiger partial charge in [0.2, 0.25) is 0 Å². The number of hydrogen-bond donors (Lipinski definition) is 0. The number of carbonyl (C=O) groups excluding carboxylic acids is 2. The smallest absolute Gasteiger partial charge is 0.410 e. The van der Waals surface area contributed by atoms with E-state index in [1.807, 2.05) is 56.8 Å². The molecule has 1 aromatic carbocycles. The first kappa shape index (κ1) is 19.3. The molecule has 1 aliphatic heterocycles. The number of amides is 1. The third-order valence-corrected chi connectivity index (χ3v) is 4.87. The van der Waals surface area contributed by atoms with Gasteiger partial charge in [-0.2, -0.15) is 0 Å².